The van der Waals surface area contributed by atoms with Gasteiger partial charge in [0.25, 0.3) is 0 Å². The highest BCUT2D eigenvalue weighted by Crippen LogP contribution is 2.38. The monoisotopic (exact) mass is 475 g/mol. The van der Waals surface area contributed by atoms with Crippen LogP contribution in [0.2, 0.25) is 0 Å². The van der Waals surface area contributed by atoms with Crippen LogP contribution < -0.4 is 15.5 Å². The highest BCUT2D eigenvalue weighted by atomic mass is 32.2. The van der Waals surface area contributed by atoms with Crippen LogP contribution >= 0.6 is 11.8 Å². The van der Waals surface area contributed by atoms with Gasteiger partial charge in [-0.3, -0.25) is 4.79 Å². The molecule has 0 unspecified atom stereocenters. The maximum atomic E-state index is 13.6. The Labute approximate surface area is 200 Å². The number of hydrogen-bond acceptors (Lipinski definition) is 6. The Morgan fingerprint density at radius 3 is 2.50 bits per heavy atom. The van der Waals surface area contributed by atoms with Gasteiger partial charge in [-0.15, -0.1) is 10.2 Å². The van der Waals surface area contributed by atoms with E-state index in [9.17, 15) is 9.18 Å². The summed E-state index contributed by atoms with van der Waals surface area (Å²) in [5, 5.41) is 11.7. The van der Waals surface area contributed by atoms with E-state index in [1.807, 2.05) is 54.6 Å². The Bertz CT molecular complexity index is 1280. The number of nitrogens with zero attached hydrogens (tertiary/aromatic N) is 3. The molecular weight excluding hydrogens is 453 g/mol. The maximum Gasteiger partial charge on any atom is 0.236 e. The van der Waals surface area contributed by atoms with E-state index in [1.54, 1.807) is 23.9 Å². The maximum absolute atomic E-state index is 13.6. The number of aromatic nitrogens is 3. The number of hydrogen-bond donors (Lipinski definition) is 2. The molecular formula is C25H22FN5O2S. The highest BCUT2D eigenvalue weighted by molar-refractivity contribution is 8.00. The SMILES string of the molecule is COc1ccc(CNC(=O)[C@H]2Sc3nnc(-c4ccccc4)n3N[C@@H]2c2ccc(F)cc2)cc1. The van der Waals surface area contributed by atoms with Crippen molar-refractivity contribution in [3.8, 4) is 17.1 Å². The Kier molecular flexibility index (Phi) is 6.18. The number of carbonyl (C=O) groups is 1. The lowest BCUT2D eigenvalue weighted by Gasteiger charge is -2.33. The standard InChI is InChI=1S/C25H22FN5O2S/c1-33-20-13-7-16(8-14-20)15-27-24(32)22-21(17-9-11-19(26)12-10-17)30-31-23(28-29-25(31)34-22)18-5-3-2-4-6-18/h2-14,21-22,30H,15H2,1H3,(H,27,32)/t21-,22+/m1/s1. The first-order valence-electron chi connectivity index (χ1n) is 10.7. The molecule has 9 heteroatoms. The topological polar surface area (TPSA) is 81.1 Å². The van der Waals surface area contributed by atoms with Crippen molar-refractivity contribution in [3.63, 3.8) is 0 Å². The minimum atomic E-state index is -0.538. The molecule has 172 valence electrons. The number of rotatable bonds is 6. The van der Waals surface area contributed by atoms with Gasteiger partial charge in [-0.2, -0.15) is 0 Å². The van der Waals surface area contributed by atoms with Crippen LogP contribution in [0.1, 0.15) is 17.2 Å². The Balaban J connectivity index is 1.42. The van der Waals surface area contributed by atoms with Gasteiger partial charge in [-0.25, -0.2) is 9.07 Å². The summed E-state index contributed by atoms with van der Waals surface area (Å²) in [5.74, 6) is 0.917. The highest BCUT2D eigenvalue weighted by Gasteiger charge is 2.38. The predicted molar refractivity (Wildman–Crippen MR) is 128 cm³/mol. The van der Waals surface area contributed by atoms with E-state index in [4.69, 9.17) is 4.74 Å². The normalized spacial score (nSPS) is 16.9. The first-order chi connectivity index (χ1) is 16.6. The van der Waals surface area contributed by atoms with Gasteiger partial charge in [-0.1, -0.05) is 66.4 Å². The predicted octanol–water partition coefficient (Wildman–Crippen LogP) is 4.17. The van der Waals surface area contributed by atoms with Crippen LogP contribution in [0.3, 0.4) is 0 Å². The number of amides is 1. The van der Waals surface area contributed by atoms with Crippen molar-refractivity contribution in [2.75, 3.05) is 12.5 Å². The quantitative estimate of drug-likeness (QED) is 0.436. The van der Waals surface area contributed by atoms with Gasteiger partial charge in [0.1, 0.15) is 16.8 Å². The van der Waals surface area contributed by atoms with Crippen LogP contribution in [0.15, 0.2) is 84.0 Å². The summed E-state index contributed by atoms with van der Waals surface area (Å²) in [6.07, 6.45) is 0. The molecule has 3 aromatic carbocycles. The van der Waals surface area contributed by atoms with Gasteiger partial charge in [-0.05, 0) is 35.4 Å². The summed E-state index contributed by atoms with van der Waals surface area (Å²) in [4.78, 5) is 13.3. The van der Waals surface area contributed by atoms with Crippen molar-refractivity contribution >= 4 is 17.7 Å². The third kappa shape index (κ3) is 4.47. The van der Waals surface area contributed by atoms with E-state index in [2.05, 4.69) is 20.9 Å². The largest absolute Gasteiger partial charge is 0.497 e. The van der Waals surface area contributed by atoms with Crippen molar-refractivity contribution in [2.24, 2.45) is 0 Å². The average Bonchev–Trinajstić information content (AvgIpc) is 3.31. The van der Waals surface area contributed by atoms with Crippen LogP contribution in [-0.2, 0) is 11.3 Å². The smallest absolute Gasteiger partial charge is 0.236 e. The molecule has 0 saturated heterocycles. The minimum Gasteiger partial charge on any atom is -0.497 e. The van der Waals surface area contributed by atoms with E-state index in [-0.39, 0.29) is 11.7 Å². The zero-order valence-corrected chi connectivity index (χ0v) is 19.1. The second-order valence-corrected chi connectivity index (χ2v) is 8.88. The van der Waals surface area contributed by atoms with Crippen LogP contribution in [-0.4, -0.2) is 33.1 Å². The summed E-state index contributed by atoms with van der Waals surface area (Å²) in [7, 11) is 1.61. The Morgan fingerprint density at radius 2 is 1.79 bits per heavy atom. The van der Waals surface area contributed by atoms with Crippen LogP contribution in [0, 0.1) is 5.82 Å². The number of carbonyl (C=O) groups excluding carboxylic acids is 1. The van der Waals surface area contributed by atoms with Crippen molar-refractivity contribution in [2.45, 2.75) is 23.0 Å². The third-order valence-electron chi connectivity index (χ3n) is 5.58. The molecule has 2 atom stereocenters. The number of nitrogens with one attached hydrogen (secondary N) is 2. The fourth-order valence-corrected chi connectivity index (χ4v) is 4.89. The molecule has 2 heterocycles. The molecule has 1 aromatic heterocycles. The first kappa shape index (κ1) is 22.0. The number of halogens is 1. The molecule has 2 N–H and O–H groups in total. The van der Waals surface area contributed by atoms with Crippen molar-refractivity contribution in [1.82, 2.24) is 20.2 Å². The van der Waals surface area contributed by atoms with Crippen molar-refractivity contribution in [3.05, 3.63) is 95.8 Å². The second kappa shape index (κ2) is 9.56. The van der Waals surface area contributed by atoms with E-state index < -0.39 is 11.3 Å². The molecule has 1 aliphatic rings. The molecule has 0 bridgehead atoms. The average molecular weight is 476 g/mol. The lowest BCUT2D eigenvalue weighted by atomic mass is 10.0. The van der Waals surface area contributed by atoms with Crippen LogP contribution in [0.25, 0.3) is 11.4 Å². The lowest BCUT2D eigenvalue weighted by molar-refractivity contribution is -0.121. The second-order valence-electron chi connectivity index (χ2n) is 7.77. The third-order valence-corrected chi connectivity index (χ3v) is 6.80. The van der Waals surface area contributed by atoms with Crippen LogP contribution in [0.4, 0.5) is 4.39 Å². The molecule has 4 aromatic rings. The van der Waals surface area contributed by atoms with Gasteiger partial charge in [0.05, 0.1) is 13.2 Å². The van der Waals surface area contributed by atoms with Gasteiger partial charge >= 0.3 is 0 Å². The summed E-state index contributed by atoms with van der Waals surface area (Å²) in [5.41, 5.74) is 6.04. The fraction of sp³-hybridized carbons (Fsp3) is 0.160. The molecule has 0 aliphatic carbocycles. The molecule has 34 heavy (non-hydrogen) atoms. The molecule has 1 aliphatic heterocycles. The number of fused-ring (bicyclic) bond motifs is 1. The number of methoxy groups -OCH3 is 1. The molecule has 0 fully saturated rings. The van der Waals surface area contributed by atoms with E-state index >= 15 is 0 Å². The van der Waals surface area contributed by atoms with Crippen molar-refractivity contribution < 1.29 is 13.9 Å². The van der Waals surface area contributed by atoms with Gasteiger partial charge in [0.2, 0.25) is 11.1 Å². The number of benzene rings is 3. The Hall–Kier alpha value is -3.85. The van der Waals surface area contributed by atoms with Crippen LogP contribution in [0.5, 0.6) is 5.75 Å². The first-order valence-corrected chi connectivity index (χ1v) is 11.6. The molecule has 1 amide bonds. The van der Waals surface area contributed by atoms with Crippen molar-refractivity contribution in [1.29, 1.82) is 0 Å². The fourth-order valence-electron chi connectivity index (χ4n) is 3.78. The molecule has 7 nitrogen and oxygen atoms in total. The molecule has 5 rings (SSSR count). The summed E-state index contributed by atoms with van der Waals surface area (Å²) in [6, 6.07) is 23.0. The zero-order chi connectivity index (χ0) is 23.5. The van der Waals surface area contributed by atoms with Gasteiger partial charge < -0.3 is 15.5 Å². The Morgan fingerprint density at radius 1 is 1.06 bits per heavy atom. The van der Waals surface area contributed by atoms with E-state index in [0.717, 1.165) is 22.4 Å². The zero-order valence-electron chi connectivity index (χ0n) is 18.3. The van der Waals surface area contributed by atoms with E-state index in [1.165, 1.54) is 23.9 Å². The van der Waals surface area contributed by atoms with Gasteiger partial charge in [0, 0.05) is 12.1 Å². The van der Waals surface area contributed by atoms with E-state index in [0.29, 0.717) is 17.5 Å². The molecule has 0 spiro atoms. The molecule has 0 saturated carbocycles. The summed E-state index contributed by atoms with van der Waals surface area (Å²) < 4.78 is 20.6. The van der Waals surface area contributed by atoms with Gasteiger partial charge in [0.15, 0.2) is 5.82 Å². The molecule has 0 radical (unpaired) electrons. The summed E-state index contributed by atoms with van der Waals surface area (Å²) in [6.45, 7) is 0.373. The minimum absolute atomic E-state index is 0.154. The lowest BCUT2D eigenvalue weighted by Crippen LogP contribution is -2.43. The number of thioether (sulfide) groups is 1. The number of ether oxygens (including phenoxy) is 1. The summed E-state index contributed by atoms with van der Waals surface area (Å²) >= 11 is 1.33.